The first-order valence-electron chi connectivity index (χ1n) is 9.10. The van der Waals surface area contributed by atoms with Crippen LogP contribution >= 0.6 is 11.3 Å². The zero-order valence-corrected chi connectivity index (χ0v) is 16.8. The van der Waals surface area contributed by atoms with Gasteiger partial charge < -0.3 is 4.74 Å². The number of amides is 2. The molecule has 3 rings (SSSR count). The van der Waals surface area contributed by atoms with Crippen molar-refractivity contribution in [1.29, 1.82) is 0 Å². The molecule has 1 N–H and O–H groups in total. The molecule has 0 radical (unpaired) electrons. The van der Waals surface area contributed by atoms with Crippen LogP contribution in [0, 0.1) is 0 Å². The second-order valence-corrected chi connectivity index (χ2v) is 6.85. The third kappa shape index (κ3) is 5.08. The summed E-state index contributed by atoms with van der Waals surface area (Å²) >= 11 is 1.41. The van der Waals surface area contributed by atoms with Crippen molar-refractivity contribution in [2.24, 2.45) is 0 Å². The van der Waals surface area contributed by atoms with Gasteiger partial charge in [-0.2, -0.15) is 0 Å². The van der Waals surface area contributed by atoms with Gasteiger partial charge in [0.2, 0.25) is 0 Å². The molecule has 7 heteroatoms. The van der Waals surface area contributed by atoms with E-state index in [1.54, 1.807) is 42.2 Å². The van der Waals surface area contributed by atoms with Gasteiger partial charge in [-0.15, -0.1) is 17.9 Å². The highest BCUT2D eigenvalue weighted by atomic mass is 32.1. The lowest BCUT2D eigenvalue weighted by Crippen LogP contribution is -2.31. The van der Waals surface area contributed by atoms with Crippen LogP contribution in [-0.2, 0) is 4.74 Å². The Morgan fingerprint density at radius 2 is 1.90 bits per heavy atom. The van der Waals surface area contributed by atoms with Crippen LogP contribution in [0.1, 0.15) is 17.3 Å². The van der Waals surface area contributed by atoms with Crippen molar-refractivity contribution in [2.45, 2.75) is 6.92 Å². The van der Waals surface area contributed by atoms with Gasteiger partial charge >= 0.3 is 6.09 Å². The molecule has 6 nitrogen and oxygen atoms in total. The average Bonchev–Trinajstić information content (AvgIpc) is 3.23. The predicted molar refractivity (Wildman–Crippen MR) is 117 cm³/mol. The van der Waals surface area contributed by atoms with Gasteiger partial charge in [0.05, 0.1) is 12.3 Å². The minimum absolute atomic E-state index is 0.193. The average molecular weight is 407 g/mol. The van der Waals surface area contributed by atoms with E-state index in [0.717, 1.165) is 11.3 Å². The maximum absolute atomic E-state index is 13.0. The number of anilines is 2. The monoisotopic (exact) mass is 407 g/mol. The van der Waals surface area contributed by atoms with E-state index in [4.69, 9.17) is 4.74 Å². The van der Waals surface area contributed by atoms with Crippen LogP contribution in [-0.4, -0.2) is 30.1 Å². The fourth-order valence-corrected chi connectivity index (χ4v) is 3.49. The zero-order valence-electron chi connectivity index (χ0n) is 16.0. The minimum Gasteiger partial charge on any atom is -0.450 e. The smallest absolute Gasteiger partial charge is 0.411 e. The Morgan fingerprint density at radius 3 is 2.55 bits per heavy atom. The topological polar surface area (TPSA) is 71.5 Å². The van der Waals surface area contributed by atoms with E-state index in [0.29, 0.717) is 22.9 Å². The van der Waals surface area contributed by atoms with Gasteiger partial charge in [-0.05, 0) is 31.2 Å². The molecule has 2 aromatic carbocycles. The van der Waals surface area contributed by atoms with Crippen molar-refractivity contribution in [3.8, 4) is 11.3 Å². The van der Waals surface area contributed by atoms with Gasteiger partial charge in [0.15, 0.2) is 5.13 Å². The number of nitrogens with zero attached hydrogens (tertiary/aromatic N) is 2. The second-order valence-electron chi connectivity index (χ2n) is 6.01. The molecular weight excluding hydrogens is 386 g/mol. The lowest BCUT2D eigenvalue weighted by molar-refractivity contribution is 0.0989. The number of hydrogen-bond donors (Lipinski definition) is 1. The molecule has 3 aromatic rings. The first-order valence-corrected chi connectivity index (χ1v) is 9.98. The third-order valence-corrected chi connectivity index (χ3v) is 4.87. The maximum atomic E-state index is 13.0. The Morgan fingerprint density at radius 1 is 1.17 bits per heavy atom. The highest BCUT2D eigenvalue weighted by molar-refractivity contribution is 7.14. The summed E-state index contributed by atoms with van der Waals surface area (Å²) in [6.45, 7) is 6.11. The first-order chi connectivity index (χ1) is 14.1. The molecule has 0 aliphatic carbocycles. The van der Waals surface area contributed by atoms with Crippen molar-refractivity contribution in [2.75, 3.05) is 23.4 Å². The molecule has 0 atom stereocenters. The molecule has 0 bridgehead atoms. The molecule has 0 aliphatic heterocycles. The molecule has 0 spiro atoms. The van der Waals surface area contributed by atoms with Gasteiger partial charge in [0.25, 0.3) is 5.91 Å². The first kappa shape index (κ1) is 20.3. The quantitative estimate of drug-likeness (QED) is 0.546. The summed E-state index contributed by atoms with van der Waals surface area (Å²) < 4.78 is 4.85. The number of hydrogen-bond acceptors (Lipinski definition) is 5. The molecule has 0 saturated heterocycles. The summed E-state index contributed by atoms with van der Waals surface area (Å²) in [6, 6.07) is 16.4. The molecule has 29 heavy (non-hydrogen) atoms. The van der Waals surface area contributed by atoms with Crippen molar-refractivity contribution in [3.05, 3.63) is 78.2 Å². The van der Waals surface area contributed by atoms with Gasteiger partial charge in [0, 0.05) is 28.7 Å². The van der Waals surface area contributed by atoms with Crippen molar-refractivity contribution >= 4 is 34.2 Å². The number of thiazole rings is 1. The Bertz CT molecular complexity index is 984. The number of nitrogens with one attached hydrogen (secondary N) is 1. The fraction of sp³-hybridized carbons (Fsp3) is 0.136. The third-order valence-electron chi connectivity index (χ3n) is 4.00. The SMILES string of the molecule is C=CCN(C(=O)c1ccc(NC(=O)OCC)cc1)c1nc(-c2ccccc2)cs1. The Kier molecular flexibility index (Phi) is 6.76. The van der Waals surface area contributed by atoms with E-state index < -0.39 is 6.09 Å². The fourth-order valence-electron chi connectivity index (χ4n) is 2.64. The Hall–Kier alpha value is -3.45. The standard InChI is InChI=1S/C22H21N3O3S/c1-3-14-25(21-24-19(15-29-21)16-8-6-5-7-9-16)20(26)17-10-12-18(13-11-17)23-22(27)28-4-2/h3,5-13,15H,1,4,14H2,2H3,(H,23,27). The number of benzene rings is 2. The summed E-state index contributed by atoms with van der Waals surface area (Å²) in [5.74, 6) is -0.193. The number of carbonyl (C=O) groups is 2. The second kappa shape index (κ2) is 9.66. The van der Waals surface area contributed by atoms with Crippen molar-refractivity contribution in [1.82, 2.24) is 4.98 Å². The molecule has 0 unspecified atom stereocenters. The van der Waals surface area contributed by atoms with E-state index in [1.165, 1.54) is 11.3 Å². The molecule has 1 heterocycles. The predicted octanol–water partition coefficient (Wildman–Crippen LogP) is 5.21. The molecule has 1 aromatic heterocycles. The lowest BCUT2D eigenvalue weighted by atomic mass is 10.2. The van der Waals surface area contributed by atoms with E-state index in [-0.39, 0.29) is 12.5 Å². The largest absolute Gasteiger partial charge is 0.450 e. The minimum atomic E-state index is -0.531. The van der Waals surface area contributed by atoms with Crippen LogP contribution in [0.2, 0.25) is 0 Å². The summed E-state index contributed by atoms with van der Waals surface area (Å²) in [4.78, 5) is 30.8. The van der Waals surface area contributed by atoms with Crippen LogP contribution in [0.15, 0.2) is 72.6 Å². The van der Waals surface area contributed by atoms with Crippen LogP contribution in [0.4, 0.5) is 15.6 Å². The summed E-state index contributed by atoms with van der Waals surface area (Å²) in [6.07, 6.45) is 1.13. The van der Waals surface area contributed by atoms with Crippen LogP contribution < -0.4 is 10.2 Å². The number of aromatic nitrogens is 1. The van der Waals surface area contributed by atoms with Gasteiger partial charge in [-0.3, -0.25) is 15.0 Å². The lowest BCUT2D eigenvalue weighted by Gasteiger charge is -2.18. The van der Waals surface area contributed by atoms with E-state index in [1.807, 2.05) is 35.7 Å². The highest BCUT2D eigenvalue weighted by Gasteiger charge is 2.20. The summed E-state index contributed by atoms with van der Waals surface area (Å²) in [5, 5.41) is 5.13. The van der Waals surface area contributed by atoms with E-state index in [2.05, 4.69) is 16.9 Å². The van der Waals surface area contributed by atoms with Gasteiger partial charge in [0.1, 0.15) is 0 Å². The van der Waals surface area contributed by atoms with Gasteiger partial charge in [-0.25, -0.2) is 9.78 Å². The number of carbonyl (C=O) groups excluding carboxylic acids is 2. The number of ether oxygens (including phenoxy) is 1. The Balaban J connectivity index is 1.79. The van der Waals surface area contributed by atoms with E-state index in [9.17, 15) is 9.59 Å². The van der Waals surface area contributed by atoms with Crippen molar-refractivity contribution in [3.63, 3.8) is 0 Å². The van der Waals surface area contributed by atoms with Crippen LogP contribution in [0.25, 0.3) is 11.3 Å². The molecular formula is C22H21N3O3S. The molecule has 0 saturated carbocycles. The Labute approximate surface area is 173 Å². The zero-order chi connectivity index (χ0) is 20.6. The van der Waals surface area contributed by atoms with Gasteiger partial charge in [-0.1, -0.05) is 36.4 Å². The molecule has 0 aliphatic rings. The van der Waals surface area contributed by atoms with Crippen LogP contribution in [0.5, 0.6) is 0 Å². The molecule has 2 amide bonds. The normalized spacial score (nSPS) is 10.2. The molecule has 148 valence electrons. The van der Waals surface area contributed by atoms with Crippen molar-refractivity contribution < 1.29 is 14.3 Å². The number of rotatable bonds is 7. The summed E-state index contributed by atoms with van der Waals surface area (Å²) in [7, 11) is 0. The van der Waals surface area contributed by atoms with E-state index >= 15 is 0 Å². The highest BCUT2D eigenvalue weighted by Crippen LogP contribution is 2.28. The van der Waals surface area contributed by atoms with Crippen LogP contribution in [0.3, 0.4) is 0 Å². The molecule has 0 fully saturated rings. The maximum Gasteiger partial charge on any atom is 0.411 e. The summed E-state index contributed by atoms with van der Waals surface area (Å²) in [5.41, 5.74) is 2.85.